The quantitative estimate of drug-likeness (QED) is 0.490. The predicted octanol–water partition coefficient (Wildman–Crippen LogP) is 3.54. The van der Waals surface area contributed by atoms with Crippen LogP contribution in [-0.4, -0.2) is 37.8 Å². The maximum Gasteiger partial charge on any atom is 0.264 e. The normalized spacial score (nSPS) is 36.0. The van der Waals surface area contributed by atoms with Gasteiger partial charge in [0.1, 0.15) is 0 Å². The predicted molar refractivity (Wildman–Crippen MR) is 92.1 cm³/mol. The van der Waals surface area contributed by atoms with E-state index in [2.05, 4.69) is 6.58 Å². The second kappa shape index (κ2) is 5.79. The number of hydrogen-bond donors (Lipinski definition) is 0. The maximum atomic E-state index is 11.7. The summed E-state index contributed by atoms with van der Waals surface area (Å²) in [6.45, 7) is 9.82. The smallest absolute Gasteiger partial charge is 0.264 e. The molecule has 6 heteroatoms. The standard InChI is InChI=1S/C18H30O5S/c1-13(2)7-6-8-18(23-24(5,19)20)12-14(18)11-15-17(9-10-17)22-16(3,4)21-15/h14-15H,1,6-12H2,2-5H3/t14-,15-,18-/m0/s1. The molecule has 1 heterocycles. The first-order valence-corrected chi connectivity index (χ1v) is 10.7. The van der Waals surface area contributed by atoms with Crippen LogP contribution in [0.1, 0.15) is 65.7 Å². The molecular formula is C18H30O5S. The van der Waals surface area contributed by atoms with E-state index >= 15 is 0 Å². The Kier molecular flexibility index (Phi) is 4.43. The molecule has 0 aromatic carbocycles. The van der Waals surface area contributed by atoms with Gasteiger partial charge in [0.05, 0.1) is 23.6 Å². The molecular weight excluding hydrogens is 328 g/mol. The van der Waals surface area contributed by atoms with E-state index in [-0.39, 0.29) is 17.6 Å². The topological polar surface area (TPSA) is 61.8 Å². The van der Waals surface area contributed by atoms with Crippen LogP contribution in [0.2, 0.25) is 0 Å². The highest BCUT2D eigenvalue weighted by molar-refractivity contribution is 7.86. The van der Waals surface area contributed by atoms with Crippen molar-refractivity contribution in [2.45, 2.75) is 88.8 Å². The highest BCUT2D eigenvalue weighted by Crippen LogP contribution is 2.60. The minimum atomic E-state index is -3.47. The average molecular weight is 359 g/mol. The van der Waals surface area contributed by atoms with Crippen molar-refractivity contribution in [3.8, 4) is 0 Å². The van der Waals surface area contributed by atoms with E-state index < -0.39 is 21.5 Å². The molecule has 138 valence electrons. The van der Waals surface area contributed by atoms with E-state index in [4.69, 9.17) is 13.7 Å². The highest BCUT2D eigenvalue weighted by Gasteiger charge is 2.65. The summed E-state index contributed by atoms with van der Waals surface area (Å²) in [6, 6.07) is 0. The van der Waals surface area contributed by atoms with Gasteiger partial charge in [-0.25, -0.2) is 0 Å². The van der Waals surface area contributed by atoms with Crippen molar-refractivity contribution < 1.29 is 22.1 Å². The lowest BCUT2D eigenvalue weighted by Gasteiger charge is -2.20. The van der Waals surface area contributed by atoms with Crippen molar-refractivity contribution >= 4 is 10.1 Å². The second-order valence-electron chi connectivity index (χ2n) is 8.47. The second-order valence-corrected chi connectivity index (χ2v) is 10.0. The van der Waals surface area contributed by atoms with Crippen LogP contribution in [0.4, 0.5) is 0 Å². The molecule has 0 aromatic rings. The van der Waals surface area contributed by atoms with E-state index in [1.807, 2.05) is 20.8 Å². The summed E-state index contributed by atoms with van der Waals surface area (Å²) in [6.07, 6.45) is 7.40. The minimum Gasteiger partial charge on any atom is -0.344 e. The summed E-state index contributed by atoms with van der Waals surface area (Å²) in [7, 11) is -3.47. The Bertz CT molecular complexity index is 619. The van der Waals surface area contributed by atoms with Crippen LogP contribution in [0.5, 0.6) is 0 Å². The number of rotatable bonds is 8. The Hall–Kier alpha value is -0.430. The molecule has 1 spiro atoms. The van der Waals surface area contributed by atoms with Crippen molar-refractivity contribution in [3.05, 3.63) is 12.2 Å². The molecule has 0 radical (unpaired) electrons. The zero-order valence-electron chi connectivity index (χ0n) is 15.3. The molecule has 0 aromatic heterocycles. The van der Waals surface area contributed by atoms with Crippen LogP contribution >= 0.6 is 0 Å². The SMILES string of the molecule is C=C(C)CCC[C@]1(OS(C)(=O)=O)C[C@@H]1C[C@@H]1OC(C)(C)OC12CC2. The van der Waals surface area contributed by atoms with Gasteiger partial charge in [0.2, 0.25) is 0 Å². The van der Waals surface area contributed by atoms with Crippen molar-refractivity contribution in [3.63, 3.8) is 0 Å². The van der Waals surface area contributed by atoms with Crippen molar-refractivity contribution in [1.29, 1.82) is 0 Å². The highest BCUT2D eigenvalue weighted by atomic mass is 32.2. The molecule has 0 N–H and O–H groups in total. The summed E-state index contributed by atoms with van der Waals surface area (Å²) >= 11 is 0. The van der Waals surface area contributed by atoms with E-state index in [1.165, 1.54) is 0 Å². The Labute approximate surface area is 145 Å². The molecule has 3 atom stereocenters. The minimum absolute atomic E-state index is 0.0451. The van der Waals surface area contributed by atoms with Gasteiger partial charge in [0.15, 0.2) is 5.79 Å². The van der Waals surface area contributed by atoms with Gasteiger partial charge in [-0.05, 0) is 71.6 Å². The molecule has 3 aliphatic rings. The first-order valence-electron chi connectivity index (χ1n) is 8.88. The van der Waals surface area contributed by atoms with Gasteiger partial charge in [-0.3, -0.25) is 4.18 Å². The van der Waals surface area contributed by atoms with Crippen LogP contribution in [0, 0.1) is 5.92 Å². The summed E-state index contributed by atoms with van der Waals surface area (Å²) in [5.41, 5.74) is 0.434. The Balaban J connectivity index is 1.64. The van der Waals surface area contributed by atoms with Crippen molar-refractivity contribution in [1.82, 2.24) is 0 Å². The summed E-state index contributed by atoms with van der Waals surface area (Å²) < 4.78 is 41.1. The van der Waals surface area contributed by atoms with Gasteiger partial charge in [-0.2, -0.15) is 8.42 Å². The summed E-state index contributed by atoms with van der Waals surface area (Å²) in [5, 5.41) is 0. The van der Waals surface area contributed by atoms with Gasteiger partial charge in [0, 0.05) is 0 Å². The zero-order chi connectivity index (χ0) is 17.8. The first kappa shape index (κ1) is 18.4. The van der Waals surface area contributed by atoms with Crippen LogP contribution in [-0.2, 0) is 23.8 Å². The molecule has 3 rings (SSSR count). The molecule has 1 aliphatic heterocycles. The van der Waals surface area contributed by atoms with Gasteiger partial charge in [0.25, 0.3) is 10.1 Å². The van der Waals surface area contributed by atoms with Crippen LogP contribution in [0.15, 0.2) is 12.2 Å². The Morgan fingerprint density at radius 1 is 1.33 bits per heavy atom. The molecule has 0 bridgehead atoms. The van der Waals surface area contributed by atoms with Gasteiger partial charge in [-0.1, -0.05) is 5.57 Å². The molecule has 2 saturated carbocycles. The van der Waals surface area contributed by atoms with E-state index in [0.717, 1.165) is 56.8 Å². The average Bonchev–Trinajstić information content (AvgIpc) is 3.23. The maximum absolute atomic E-state index is 11.7. The monoisotopic (exact) mass is 358 g/mol. The largest absolute Gasteiger partial charge is 0.344 e. The lowest BCUT2D eigenvalue weighted by Crippen LogP contribution is -2.28. The van der Waals surface area contributed by atoms with Gasteiger partial charge >= 0.3 is 0 Å². The third kappa shape index (κ3) is 4.03. The van der Waals surface area contributed by atoms with E-state index in [0.29, 0.717) is 0 Å². The summed E-state index contributed by atoms with van der Waals surface area (Å²) in [4.78, 5) is 0. The van der Waals surface area contributed by atoms with Gasteiger partial charge < -0.3 is 9.47 Å². The van der Waals surface area contributed by atoms with E-state index in [9.17, 15) is 8.42 Å². The number of ether oxygens (including phenoxy) is 2. The number of hydrogen-bond acceptors (Lipinski definition) is 5. The lowest BCUT2D eigenvalue weighted by molar-refractivity contribution is -0.150. The zero-order valence-corrected chi connectivity index (χ0v) is 16.1. The molecule has 5 nitrogen and oxygen atoms in total. The van der Waals surface area contributed by atoms with Crippen molar-refractivity contribution in [2.75, 3.05) is 6.26 Å². The third-order valence-electron chi connectivity index (χ3n) is 5.40. The molecule has 0 amide bonds. The summed E-state index contributed by atoms with van der Waals surface area (Å²) in [5.74, 6) is -0.326. The van der Waals surface area contributed by atoms with Crippen LogP contribution in [0.3, 0.4) is 0 Å². The van der Waals surface area contributed by atoms with Gasteiger partial charge in [-0.15, -0.1) is 6.58 Å². The molecule has 3 fully saturated rings. The third-order valence-corrected chi connectivity index (χ3v) is 6.03. The molecule has 24 heavy (non-hydrogen) atoms. The fourth-order valence-electron chi connectivity index (χ4n) is 4.19. The Morgan fingerprint density at radius 2 is 2.00 bits per heavy atom. The van der Waals surface area contributed by atoms with Crippen LogP contribution < -0.4 is 0 Å². The Morgan fingerprint density at radius 3 is 2.54 bits per heavy atom. The van der Waals surface area contributed by atoms with Crippen LogP contribution in [0.25, 0.3) is 0 Å². The van der Waals surface area contributed by atoms with E-state index in [1.54, 1.807) is 0 Å². The molecule has 1 saturated heterocycles. The van der Waals surface area contributed by atoms with Crippen molar-refractivity contribution in [2.24, 2.45) is 5.92 Å². The fourth-order valence-corrected chi connectivity index (χ4v) is 5.09. The molecule has 0 unspecified atom stereocenters. The molecule has 2 aliphatic carbocycles. The fraction of sp³-hybridized carbons (Fsp3) is 0.889. The first-order chi connectivity index (χ1) is 11.0. The number of allylic oxidation sites excluding steroid dienone is 1. The lowest BCUT2D eigenvalue weighted by atomic mass is 10.0.